The summed E-state index contributed by atoms with van der Waals surface area (Å²) in [5.74, 6) is 0.278. The van der Waals surface area contributed by atoms with Crippen LogP contribution in [0.4, 0.5) is 0 Å². The Morgan fingerprint density at radius 1 is 1.47 bits per heavy atom. The summed E-state index contributed by atoms with van der Waals surface area (Å²) in [7, 11) is 0. The van der Waals surface area contributed by atoms with Gasteiger partial charge in [-0.2, -0.15) is 12.6 Å². The molecular weight excluding hydrogens is 234 g/mol. The normalized spacial score (nSPS) is 12.6. The van der Waals surface area contributed by atoms with Crippen LogP contribution in [0.2, 0.25) is 0 Å². The summed E-state index contributed by atoms with van der Waals surface area (Å²) in [4.78, 5) is 23.1. The molecule has 1 aromatic heterocycles. The zero-order valence-corrected chi connectivity index (χ0v) is 10.4. The van der Waals surface area contributed by atoms with Gasteiger partial charge in [-0.1, -0.05) is 25.1 Å². The third-order valence-electron chi connectivity index (χ3n) is 2.80. The maximum absolute atomic E-state index is 12.1. The lowest BCUT2D eigenvalue weighted by Crippen LogP contribution is -2.19. The molecular formula is C13H13NO2S. The monoisotopic (exact) mass is 247 g/mol. The molecule has 0 aliphatic carbocycles. The number of para-hydroxylation sites is 1. The molecule has 0 aliphatic heterocycles. The number of nitrogens with zero attached hydrogens (tertiary/aromatic N) is 1. The summed E-state index contributed by atoms with van der Waals surface area (Å²) < 4.78 is 1.54. The number of hydrogen-bond donors (Lipinski definition) is 1. The highest BCUT2D eigenvalue weighted by molar-refractivity contribution is 7.80. The summed E-state index contributed by atoms with van der Waals surface area (Å²) in [5, 5.41) is 0.808. The van der Waals surface area contributed by atoms with Crippen molar-refractivity contribution in [2.24, 2.45) is 5.92 Å². The van der Waals surface area contributed by atoms with E-state index in [1.165, 1.54) is 0 Å². The van der Waals surface area contributed by atoms with Crippen LogP contribution in [-0.2, 0) is 0 Å². The maximum atomic E-state index is 12.1. The van der Waals surface area contributed by atoms with E-state index in [1.807, 2.05) is 31.2 Å². The van der Waals surface area contributed by atoms with Gasteiger partial charge in [-0.3, -0.25) is 14.2 Å². The molecule has 0 radical (unpaired) electrons. The quantitative estimate of drug-likeness (QED) is 0.669. The molecule has 0 N–H and O–H groups in total. The van der Waals surface area contributed by atoms with Crippen molar-refractivity contribution in [1.82, 2.24) is 4.57 Å². The number of carbonyl (C=O) groups is 2. The van der Waals surface area contributed by atoms with Crippen molar-refractivity contribution >= 4 is 35.7 Å². The average Bonchev–Trinajstić information content (AvgIpc) is 2.75. The molecule has 0 bridgehead atoms. The number of benzene rings is 1. The van der Waals surface area contributed by atoms with Gasteiger partial charge in [0.25, 0.3) is 0 Å². The molecule has 3 nitrogen and oxygen atoms in total. The zero-order chi connectivity index (χ0) is 12.4. The van der Waals surface area contributed by atoms with Crippen molar-refractivity contribution in [2.45, 2.75) is 6.92 Å². The first kappa shape index (κ1) is 11.9. The van der Waals surface area contributed by atoms with Gasteiger partial charge in [-0.25, -0.2) is 0 Å². The molecule has 1 heterocycles. The van der Waals surface area contributed by atoms with Crippen LogP contribution in [0.15, 0.2) is 30.5 Å². The number of rotatable bonds is 3. The van der Waals surface area contributed by atoms with Gasteiger partial charge in [0, 0.05) is 28.8 Å². The smallest absolute Gasteiger partial charge is 0.234 e. The Balaban J connectivity index is 2.62. The van der Waals surface area contributed by atoms with Crippen LogP contribution in [0.3, 0.4) is 0 Å². The molecule has 88 valence electrons. The minimum Gasteiger partial charge on any atom is -0.298 e. The Bertz CT molecular complexity index is 574. The van der Waals surface area contributed by atoms with Crippen LogP contribution in [0.25, 0.3) is 10.9 Å². The largest absolute Gasteiger partial charge is 0.298 e. The van der Waals surface area contributed by atoms with E-state index in [4.69, 9.17) is 0 Å². The van der Waals surface area contributed by atoms with E-state index >= 15 is 0 Å². The Morgan fingerprint density at radius 3 is 2.82 bits per heavy atom. The van der Waals surface area contributed by atoms with Crippen molar-refractivity contribution in [3.8, 4) is 0 Å². The molecule has 0 amide bonds. The molecule has 17 heavy (non-hydrogen) atoms. The van der Waals surface area contributed by atoms with Gasteiger partial charge in [-0.15, -0.1) is 0 Å². The minimum absolute atomic E-state index is 0.0377. The molecule has 1 aromatic carbocycles. The van der Waals surface area contributed by atoms with Gasteiger partial charge in [0.05, 0.1) is 5.52 Å². The molecule has 2 rings (SSSR count). The van der Waals surface area contributed by atoms with Crippen molar-refractivity contribution < 1.29 is 9.59 Å². The number of carbonyl (C=O) groups excluding carboxylic acids is 2. The predicted molar refractivity (Wildman–Crippen MR) is 71.0 cm³/mol. The van der Waals surface area contributed by atoms with Crippen LogP contribution >= 0.6 is 12.6 Å². The third-order valence-corrected chi connectivity index (χ3v) is 3.35. The lowest BCUT2D eigenvalue weighted by Gasteiger charge is -2.08. The lowest BCUT2D eigenvalue weighted by molar-refractivity contribution is 0.0863. The molecule has 0 fully saturated rings. The number of aldehydes is 1. The summed E-state index contributed by atoms with van der Waals surface area (Å²) in [6.45, 7) is 1.82. The van der Waals surface area contributed by atoms with E-state index in [0.717, 1.165) is 17.2 Å². The van der Waals surface area contributed by atoms with E-state index in [1.54, 1.807) is 10.8 Å². The molecule has 1 atom stereocenters. The van der Waals surface area contributed by atoms with E-state index in [9.17, 15) is 9.59 Å². The first-order valence-corrected chi connectivity index (χ1v) is 6.02. The van der Waals surface area contributed by atoms with Gasteiger partial charge >= 0.3 is 0 Å². The lowest BCUT2D eigenvalue weighted by atomic mass is 10.2. The Hall–Kier alpha value is -1.55. The SMILES string of the molecule is C[C@H](CS)C(=O)n1cc(C=O)c2ccccc21. The summed E-state index contributed by atoms with van der Waals surface area (Å²) in [6, 6.07) is 7.39. The van der Waals surface area contributed by atoms with Crippen molar-refractivity contribution in [1.29, 1.82) is 0 Å². The second kappa shape index (κ2) is 4.75. The highest BCUT2D eigenvalue weighted by atomic mass is 32.1. The van der Waals surface area contributed by atoms with Crippen LogP contribution in [0.5, 0.6) is 0 Å². The minimum atomic E-state index is -0.173. The van der Waals surface area contributed by atoms with Gasteiger partial charge in [-0.05, 0) is 6.07 Å². The van der Waals surface area contributed by atoms with Crippen LogP contribution in [-0.4, -0.2) is 22.5 Å². The molecule has 0 unspecified atom stereocenters. The highest BCUT2D eigenvalue weighted by Crippen LogP contribution is 2.21. The third kappa shape index (κ3) is 2.00. The average molecular weight is 247 g/mol. The molecule has 0 spiro atoms. The molecule has 0 aliphatic rings. The number of hydrogen-bond acceptors (Lipinski definition) is 3. The van der Waals surface area contributed by atoms with E-state index in [0.29, 0.717) is 11.3 Å². The fourth-order valence-corrected chi connectivity index (χ4v) is 1.95. The molecule has 0 saturated carbocycles. The fourth-order valence-electron chi connectivity index (χ4n) is 1.80. The zero-order valence-electron chi connectivity index (χ0n) is 9.46. The van der Waals surface area contributed by atoms with Crippen LogP contribution in [0.1, 0.15) is 22.1 Å². The second-order valence-corrected chi connectivity index (χ2v) is 4.38. The van der Waals surface area contributed by atoms with E-state index < -0.39 is 0 Å². The van der Waals surface area contributed by atoms with Gasteiger partial charge in [0.15, 0.2) is 6.29 Å². The second-order valence-electron chi connectivity index (χ2n) is 4.01. The Morgan fingerprint density at radius 2 is 2.18 bits per heavy atom. The molecule has 2 aromatic rings. The summed E-state index contributed by atoms with van der Waals surface area (Å²) in [6.07, 6.45) is 2.37. The number of fused-ring (bicyclic) bond motifs is 1. The van der Waals surface area contributed by atoms with Gasteiger partial charge < -0.3 is 0 Å². The first-order valence-electron chi connectivity index (χ1n) is 5.39. The molecule has 4 heteroatoms. The van der Waals surface area contributed by atoms with Crippen molar-refractivity contribution in [2.75, 3.05) is 5.75 Å². The van der Waals surface area contributed by atoms with Crippen molar-refractivity contribution in [3.05, 3.63) is 36.0 Å². The summed E-state index contributed by atoms with van der Waals surface area (Å²) in [5.41, 5.74) is 1.31. The Kier molecular flexibility index (Phi) is 3.33. The summed E-state index contributed by atoms with van der Waals surface area (Å²) >= 11 is 4.13. The van der Waals surface area contributed by atoms with E-state index in [-0.39, 0.29) is 11.8 Å². The predicted octanol–water partition coefficient (Wildman–Crippen LogP) is 2.66. The van der Waals surface area contributed by atoms with Gasteiger partial charge in [0.1, 0.15) is 0 Å². The topological polar surface area (TPSA) is 39.1 Å². The highest BCUT2D eigenvalue weighted by Gasteiger charge is 2.17. The van der Waals surface area contributed by atoms with Gasteiger partial charge in [0.2, 0.25) is 5.91 Å². The number of aromatic nitrogens is 1. The van der Waals surface area contributed by atoms with Crippen LogP contribution < -0.4 is 0 Å². The Labute approximate surface area is 105 Å². The standard InChI is InChI=1S/C13H13NO2S/c1-9(8-17)13(16)14-6-10(7-15)11-4-2-3-5-12(11)14/h2-7,9,17H,8H2,1H3/t9-/m1/s1. The van der Waals surface area contributed by atoms with Crippen LogP contribution in [0, 0.1) is 5.92 Å². The molecule has 0 saturated heterocycles. The maximum Gasteiger partial charge on any atom is 0.234 e. The first-order chi connectivity index (χ1) is 8.19. The number of thiol groups is 1. The fraction of sp³-hybridized carbons (Fsp3) is 0.231. The van der Waals surface area contributed by atoms with Crippen molar-refractivity contribution in [3.63, 3.8) is 0 Å². The van der Waals surface area contributed by atoms with E-state index in [2.05, 4.69) is 12.6 Å².